The van der Waals surface area contributed by atoms with Gasteiger partial charge in [-0.2, -0.15) is 0 Å². The third kappa shape index (κ3) is 4.03. The van der Waals surface area contributed by atoms with E-state index in [-0.39, 0.29) is 24.3 Å². The molecular formula is C28H25NO7. The number of carbonyl (C=O) groups excluding carboxylic acids is 2. The third-order valence-electron chi connectivity index (χ3n) is 6.79. The molecule has 6 rings (SSSR count). The maximum Gasteiger partial charge on any atom is 0.262 e. The normalized spacial score (nSPS) is 29.6. The van der Waals surface area contributed by atoms with Crippen LogP contribution in [0.1, 0.15) is 38.1 Å². The first-order chi connectivity index (χ1) is 17.6. The van der Waals surface area contributed by atoms with Gasteiger partial charge in [0.2, 0.25) is 0 Å². The molecule has 3 aromatic rings. The first-order valence-electron chi connectivity index (χ1n) is 11.9. The van der Waals surface area contributed by atoms with Crippen molar-refractivity contribution >= 4 is 11.8 Å². The Bertz CT molecular complexity index is 1220. The van der Waals surface area contributed by atoms with Crippen molar-refractivity contribution in [3.05, 3.63) is 107 Å². The summed E-state index contributed by atoms with van der Waals surface area (Å²) in [4.78, 5) is 27.7. The molecule has 2 saturated heterocycles. The van der Waals surface area contributed by atoms with Crippen molar-refractivity contribution in [2.45, 2.75) is 43.5 Å². The highest BCUT2D eigenvalue weighted by Gasteiger charge is 2.55. The highest BCUT2D eigenvalue weighted by Crippen LogP contribution is 2.38. The van der Waals surface area contributed by atoms with Gasteiger partial charge in [-0.25, -0.2) is 0 Å². The first-order valence-corrected chi connectivity index (χ1v) is 11.9. The standard InChI is InChI=1S/C28H25NO7/c30-23-22(29-25(31)19-13-7-8-14-20(19)26(29)32)28(33-15-17-9-3-1-4-10-17)35-21-16-34-27(36-24(21)23)18-11-5-2-6-12-18/h1-14,21-24,27-28,30H,15-16H2/t21-,22-,23-,24-,27-,28-/m1/s1. The highest BCUT2D eigenvalue weighted by molar-refractivity contribution is 6.21. The highest BCUT2D eigenvalue weighted by atomic mass is 16.7. The largest absolute Gasteiger partial charge is 0.388 e. The fourth-order valence-electron chi connectivity index (χ4n) is 5.00. The Morgan fingerprint density at radius 2 is 1.44 bits per heavy atom. The summed E-state index contributed by atoms with van der Waals surface area (Å²) >= 11 is 0. The Kier molecular flexibility index (Phi) is 6.12. The lowest BCUT2D eigenvalue weighted by molar-refractivity contribution is -0.350. The molecule has 0 radical (unpaired) electrons. The zero-order valence-corrected chi connectivity index (χ0v) is 19.3. The lowest BCUT2D eigenvalue weighted by atomic mass is 9.94. The van der Waals surface area contributed by atoms with Gasteiger partial charge >= 0.3 is 0 Å². The summed E-state index contributed by atoms with van der Waals surface area (Å²) in [6, 6.07) is 24.3. The summed E-state index contributed by atoms with van der Waals surface area (Å²) in [5.74, 6) is -0.997. The molecule has 184 valence electrons. The summed E-state index contributed by atoms with van der Waals surface area (Å²) in [6.45, 7) is 0.324. The molecule has 0 aliphatic carbocycles. The average Bonchev–Trinajstić information content (AvgIpc) is 3.18. The zero-order valence-electron chi connectivity index (χ0n) is 19.3. The zero-order chi connectivity index (χ0) is 24.6. The number of aliphatic hydroxyl groups excluding tert-OH is 1. The number of hydrogen-bond donors (Lipinski definition) is 1. The second kappa shape index (κ2) is 9.57. The van der Waals surface area contributed by atoms with E-state index in [9.17, 15) is 14.7 Å². The van der Waals surface area contributed by atoms with Crippen molar-refractivity contribution in [2.24, 2.45) is 0 Å². The van der Waals surface area contributed by atoms with E-state index in [4.69, 9.17) is 18.9 Å². The molecule has 0 bridgehead atoms. The van der Waals surface area contributed by atoms with E-state index in [0.29, 0.717) is 0 Å². The van der Waals surface area contributed by atoms with Crippen LogP contribution in [0.2, 0.25) is 0 Å². The summed E-state index contributed by atoms with van der Waals surface area (Å²) in [7, 11) is 0. The number of rotatable bonds is 5. The van der Waals surface area contributed by atoms with Crippen LogP contribution in [0.5, 0.6) is 0 Å². The fourth-order valence-corrected chi connectivity index (χ4v) is 5.00. The predicted molar refractivity (Wildman–Crippen MR) is 127 cm³/mol. The minimum Gasteiger partial charge on any atom is -0.388 e. The summed E-state index contributed by atoms with van der Waals surface area (Å²) in [6.07, 6.45) is -4.54. The molecule has 8 nitrogen and oxygen atoms in total. The molecule has 0 aromatic heterocycles. The number of carbonyl (C=O) groups is 2. The molecule has 3 heterocycles. The van der Waals surface area contributed by atoms with Crippen LogP contribution in [-0.4, -0.2) is 59.1 Å². The van der Waals surface area contributed by atoms with Crippen LogP contribution >= 0.6 is 0 Å². The maximum absolute atomic E-state index is 13.3. The van der Waals surface area contributed by atoms with Gasteiger partial charge in [0.05, 0.1) is 24.3 Å². The Morgan fingerprint density at radius 3 is 2.11 bits per heavy atom. The number of ether oxygens (including phenoxy) is 4. The second-order valence-electron chi connectivity index (χ2n) is 9.02. The Hall–Kier alpha value is -3.40. The smallest absolute Gasteiger partial charge is 0.262 e. The van der Waals surface area contributed by atoms with Crippen LogP contribution in [0.3, 0.4) is 0 Å². The number of amides is 2. The van der Waals surface area contributed by atoms with E-state index >= 15 is 0 Å². The van der Waals surface area contributed by atoms with Crippen LogP contribution in [0.25, 0.3) is 0 Å². The number of fused-ring (bicyclic) bond motifs is 2. The SMILES string of the molecule is O=C1c2ccccc2C(=O)N1[C@H]1[C@H](OCc2ccccc2)O[C@@H]2CO[C@@H](c3ccccc3)O[C@H]2[C@@H]1O. The van der Waals surface area contributed by atoms with Crippen LogP contribution < -0.4 is 0 Å². The molecule has 3 aliphatic rings. The van der Waals surface area contributed by atoms with Crippen molar-refractivity contribution in [1.29, 1.82) is 0 Å². The summed E-state index contributed by atoms with van der Waals surface area (Å²) < 4.78 is 24.3. The van der Waals surface area contributed by atoms with Gasteiger partial charge < -0.3 is 24.1 Å². The van der Waals surface area contributed by atoms with Crippen LogP contribution in [0.4, 0.5) is 0 Å². The molecule has 8 heteroatoms. The topological polar surface area (TPSA) is 94.5 Å². The van der Waals surface area contributed by atoms with E-state index in [1.807, 2.05) is 60.7 Å². The number of benzene rings is 3. The molecule has 6 atom stereocenters. The predicted octanol–water partition coefficient (Wildman–Crippen LogP) is 3.07. The van der Waals surface area contributed by atoms with E-state index < -0.39 is 48.7 Å². The second-order valence-corrected chi connectivity index (χ2v) is 9.02. The van der Waals surface area contributed by atoms with E-state index in [1.54, 1.807) is 24.3 Å². The van der Waals surface area contributed by atoms with Crippen LogP contribution in [0.15, 0.2) is 84.9 Å². The number of hydrogen-bond acceptors (Lipinski definition) is 7. The van der Waals surface area contributed by atoms with Gasteiger partial charge in [0.25, 0.3) is 11.8 Å². The maximum atomic E-state index is 13.3. The molecule has 2 fully saturated rings. The fraction of sp³-hybridized carbons (Fsp3) is 0.286. The molecular weight excluding hydrogens is 462 g/mol. The van der Waals surface area contributed by atoms with Gasteiger partial charge in [-0.05, 0) is 17.7 Å². The molecule has 3 aromatic carbocycles. The molecule has 3 aliphatic heterocycles. The van der Waals surface area contributed by atoms with Crippen molar-refractivity contribution in [3.8, 4) is 0 Å². The molecule has 0 saturated carbocycles. The first kappa shape index (κ1) is 23.0. The number of nitrogens with zero attached hydrogens (tertiary/aromatic N) is 1. The monoisotopic (exact) mass is 487 g/mol. The van der Waals surface area contributed by atoms with Crippen molar-refractivity contribution in [1.82, 2.24) is 4.90 Å². The van der Waals surface area contributed by atoms with Crippen molar-refractivity contribution in [2.75, 3.05) is 6.61 Å². The third-order valence-corrected chi connectivity index (χ3v) is 6.79. The van der Waals surface area contributed by atoms with E-state index in [0.717, 1.165) is 16.0 Å². The lowest BCUT2D eigenvalue weighted by Gasteiger charge is -2.49. The van der Waals surface area contributed by atoms with Crippen LogP contribution in [0, 0.1) is 0 Å². The minimum atomic E-state index is -1.26. The molecule has 1 N–H and O–H groups in total. The quantitative estimate of drug-likeness (QED) is 0.553. The van der Waals surface area contributed by atoms with Gasteiger partial charge in [0.15, 0.2) is 12.6 Å². The van der Waals surface area contributed by atoms with E-state index in [1.165, 1.54) is 0 Å². The summed E-state index contributed by atoms with van der Waals surface area (Å²) in [5.41, 5.74) is 2.25. The van der Waals surface area contributed by atoms with Crippen molar-refractivity contribution in [3.63, 3.8) is 0 Å². The number of imide groups is 1. The van der Waals surface area contributed by atoms with Crippen LogP contribution in [-0.2, 0) is 25.6 Å². The Balaban J connectivity index is 1.31. The van der Waals surface area contributed by atoms with Crippen molar-refractivity contribution < 1.29 is 33.6 Å². The van der Waals surface area contributed by atoms with Gasteiger partial charge in [-0.3, -0.25) is 14.5 Å². The Labute approximate surface area is 208 Å². The Morgan fingerprint density at radius 1 is 0.833 bits per heavy atom. The minimum absolute atomic E-state index is 0.154. The molecule has 2 amide bonds. The van der Waals surface area contributed by atoms with Gasteiger partial charge in [0, 0.05) is 5.56 Å². The van der Waals surface area contributed by atoms with Gasteiger partial charge in [0.1, 0.15) is 24.4 Å². The number of aliphatic hydroxyl groups is 1. The van der Waals surface area contributed by atoms with Gasteiger partial charge in [-0.1, -0.05) is 72.8 Å². The molecule has 0 spiro atoms. The molecule has 0 unspecified atom stereocenters. The summed E-state index contributed by atoms with van der Waals surface area (Å²) in [5, 5.41) is 11.6. The average molecular weight is 488 g/mol. The molecule has 36 heavy (non-hydrogen) atoms. The van der Waals surface area contributed by atoms with Gasteiger partial charge in [-0.15, -0.1) is 0 Å². The van der Waals surface area contributed by atoms with E-state index in [2.05, 4.69) is 0 Å². The lowest BCUT2D eigenvalue weighted by Crippen LogP contribution is -2.67.